The van der Waals surface area contributed by atoms with Gasteiger partial charge in [0.2, 0.25) is 15.9 Å². The number of carbonyl (C=O) groups excluding carboxylic acids is 2. The number of ether oxygens (including phenoxy) is 1. The molecule has 0 aromatic heterocycles. The zero-order valence-electron chi connectivity index (χ0n) is 18.6. The number of carbonyl (C=O) groups is 2. The number of sulfonamides is 1. The van der Waals surface area contributed by atoms with Crippen molar-refractivity contribution in [2.75, 3.05) is 29.0 Å². The van der Waals surface area contributed by atoms with Crippen LogP contribution < -0.4 is 19.7 Å². The molecule has 176 valence electrons. The number of benzene rings is 3. The third-order valence-electron chi connectivity index (χ3n) is 4.65. The number of rotatable bonds is 10. The van der Waals surface area contributed by atoms with E-state index in [1.165, 1.54) is 6.08 Å². The van der Waals surface area contributed by atoms with E-state index in [4.69, 9.17) is 4.74 Å². The zero-order valence-corrected chi connectivity index (χ0v) is 19.4. The smallest absolute Gasteiger partial charge is 0.253 e. The number of nitrogens with one attached hydrogen (secondary N) is 2. The topological polar surface area (TPSA) is 105 Å². The number of hydrogen-bond acceptors (Lipinski definition) is 5. The molecule has 0 radical (unpaired) electrons. The molecule has 0 heterocycles. The number of para-hydroxylation sites is 4. The van der Waals surface area contributed by atoms with E-state index < -0.39 is 28.4 Å². The molecule has 34 heavy (non-hydrogen) atoms. The maximum atomic E-state index is 12.9. The fraction of sp³-hybridized carbons (Fsp3) is 0.120. The first kappa shape index (κ1) is 24.5. The Hall–Kier alpha value is -4.11. The van der Waals surface area contributed by atoms with E-state index in [1.807, 2.05) is 6.07 Å². The first-order valence-electron chi connectivity index (χ1n) is 10.4. The SMILES string of the molecule is C=CCNC(=O)c1ccccc1NC(=O)CN(c1ccccc1Oc1ccccc1)S(C)(=O)=O. The first-order valence-corrected chi connectivity index (χ1v) is 12.2. The summed E-state index contributed by atoms with van der Waals surface area (Å²) in [5, 5.41) is 5.29. The van der Waals surface area contributed by atoms with Crippen LogP contribution in [-0.4, -0.2) is 39.6 Å². The molecule has 0 fully saturated rings. The van der Waals surface area contributed by atoms with Gasteiger partial charge in [-0.15, -0.1) is 6.58 Å². The van der Waals surface area contributed by atoms with Crippen molar-refractivity contribution >= 4 is 33.2 Å². The Balaban J connectivity index is 1.85. The van der Waals surface area contributed by atoms with Crippen LogP contribution in [0.25, 0.3) is 0 Å². The highest BCUT2D eigenvalue weighted by atomic mass is 32.2. The van der Waals surface area contributed by atoms with E-state index in [9.17, 15) is 18.0 Å². The summed E-state index contributed by atoms with van der Waals surface area (Å²) in [6.07, 6.45) is 2.55. The standard InChI is InChI=1S/C25H25N3O5S/c1-3-17-26-25(30)20-13-7-8-14-21(20)27-24(29)18-28(34(2,31)32)22-15-9-10-16-23(22)33-19-11-5-4-6-12-19/h3-16H,1,17-18H2,2H3,(H,26,30)(H,27,29). The van der Waals surface area contributed by atoms with Gasteiger partial charge in [-0.25, -0.2) is 8.42 Å². The number of nitrogens with zero attached hydrogens (tertiary/aromatic N) is 1. The van der Waals surface area contributed by atoms with Crippen molar-refractivity contribution in [3.8, 4) is 11.5 Å². The van der Waals surface area contributed by atoms with Crippen molar-refractivity contribution in [3.05, 3.63) is 97.1 Å². The summed E-state index contributed by atoms with van der Waals surface area (Å²) in [5.41, 5.74) is 0.716. The highest BCUT2D eigenvalue weighted by Crippen LogP contribution is 2.33. The predicted octanol–water partition coefficient (Wildman–Crippen LogP) is 3.80. The lowest BCUT2D eigenvalue weighted by molar-refractivity contribution is -0.114. The van der Waals surface area contributed by atoms with Crippen LogP contribution >= 0.6 is 0 Å². The summed E-state index contributed by atoms with van der Waals surface area (Å²) in [6.45, 7) is 3.31. The van der Waals surface area contributed by atoms with Gasteiger partial charge in [0.25, 0.3) is 5.91 Å². The van der Waals surface area contributed by atoms with Gasteiger partial charge in [0.15, 0.2) is 5.75 Å². The Kier molecular flexibility index (Phi) is 8.05. The average molecular weight is 480 g/mol. The molecule has 0 spiro atoms. The van der Waals surface area contributed by atoms with Gasteiger partial charge in [-0.05, 0) is 36.4 Å². The van der Waals surface area contributed by atoms with Crippen LogP contribution in [-0.2, 0) is 14.8 Å². The van der Waals surface area contributed by atoms with Crippen LogP contribution in [0, 0.1) is 0 Å². The van der Waals surface area contributed by atoms with Crippen LogP contribution in [0.1, 0.15) is 10.4 Å². The van der Waals surface area contributed by atoms with Crippen molar-refractivity contribution in [1.29, 1.82) is 0 Å². The van der Waals surface area contributed by atoms with Crippen molar-refractivity contribution < 1.29 is 22.7 Å². The van der Waals surface area contributed by atoms with Crippen molar-refractivity contribution in [3.63, 3.8) is 0 Å². The molecular weight excluding hydrogens is 454 g/mol. The molecule has 0 saturated carbocycles. The Morgan fingerprint density at radius 2 is 1.62 bits per heavy atom. The molecule has 0 atom stereocenters. The molecular formula is C25H25N3O5S. The minimum atomic E-state index is -3.86. The molecule has 2 N–H and O–H groups in total. The van der Waals surface area contributed by atoms with Gasteiger partial charge >= 0.3 is 0 Å². The molecule has 3 aromatic rings. The predicted molar refractivity (Wildman–Crippen MR) is 133 cm³/mol. The van der Waals surface area contributed by atoms with Crippen molar-refractivity contribution in [2.24, 2.45) is 0 Å². The lowest BCUT2D eigenvalue weighted by atomic mass is 10.1. The number of anilines is 2. The summed E-state index contributed by atoms with van der Waals surface area (Å²) in [7, 11) is -3.86. The van der Waals surface area contributed by atoms with Gasteiger partial charge in [0, 0.05) is 6.54 Å². The molecule has 0 aliphatic rings. The zero-order chi connectivity index (χ0) is 24.6. The molecule has 3 rings (SSSR count). The van der Waals surface area contributed by atoms with E-state index in [0.29, 0.717) is 5.75 Å². The molecule has 0 aliphatic carbocycles. The van der Waals surface area contributed by atoms with E-state index in [0.717, 1.165) is 10.6 Å². The normalized spacial score (nSPS) is 10.7. The lowest BCUT2D eigenvalue weighted by Gasteiger charge is -2.24. The second-order valence-electron chi connectivity index (χ2n) is 7.24. The Morgan fingerprint density at radius 1 is 0.971 bits per heavy atom. The van der Waals surface area contributed by atoms with Gasteiger partial charge < -0.3 is 15.4 Å². The third kappa shape index (κ3) is 6.46. The van der Waals surface area contributed by atoms with Crippen LogP contribution in [0.4, 0.5) is 11.4 Å². The minimum absolute atomic E-state index is 0.209. The maximum Gasteiger partial charge on any atom is 0.253 e. The molecule has 0 aliphatic heterocycles. The minimum Gasteiger partial charge on any atom is -0.455 e. The Labute approximate surface area is 198 Å². The highest BCUT2D eigenvalue weighted by Gasteiger charge is 2.25. The van der Waals surface area contributed by atoms with E-state index in [1.54, 1.807) is 72.8 Å². The summed E-state index contributed by atoms with van der Waals surface area (Å²) >= 11 is 0. The largest absolute Gasteiger partial charge is 0.455 e. The van der Waals surface area contributed by atoms with Gasteiger partial charge in [0.05, 0.1) is 23.2 Å². The van der Waals surface area contributed by atoms with E-state index >= 15 is 0 Å². The van der Waals surface area contributed by atoms with Gasteiger partial charge in [-0.2, -0.15) is 0 Å². The Bertz CT molecular complexity index is 1280. The molecule has 3 aromatic carbocycles. The quantitative estimate of drug-likeness (QED) is 0.431. The van der Waals surface area contributed by atoms with Crippen LogP contribution in [0.15, 0.2) is 91.5 Å². The molecule has 0 unspecified atom stereocenters. The lowest BCUT2D eigenvalue weighted by Crippen LogP contribution is -2.38. The maximum absolute atomic E-state index is 12.9. The van der Waals surface area contributed by atoms with Gasteiger partial charge in [-0.3, -0.25) is 13.9 Å². The summed E-state index contributed by atoms with van der Waals surface area (Å²) < 4.78 is 32.1. The van der Waals surface area contributed by atoms with Gasteiger partial charge in [-0.1, -0.05) is 48.5 Å². The van der Waals surface area contributed by atoms with Crippen LogP contribution in [0.2, 0.25) is 0 Å². The average Bonchev–Trinajstić information content (AvgIpc) is 2.82. The van der Waals surface area contributed by atoms with E-state index in [-0.39, 0.29) is 29.2 Å². The molecule has 2 amide bonds. The summed E-state index contributed by atoms with van der Waals surface area (Å²) in [4.78, 5) is 25.3. The second kappa shape index (κ2) is 11.2. The second-order valence-corrected chi connectivity index (χ2v) is 9.15. The van der Waals surface area contributed by atoms with Crippen LogP contribution in [0.3, 0.4) is 0 Å². The number of hydrogen-bond donors (Lipinski definition) is 2. The fourth-order valence-corrected chi connectivity index (χ4v) is 3.98. The molecule has 0 bridgehead atoms. The monoisotopic (exact) mass is 479 g/mol. The number of amides is 2. The van der Waals surface area contributed by atoms with Crippen LogP contribution in [0.5, 0.6) is 11.5 Å². The summed E-state index contributed by atoms with van der Waals surface area (Å²) in [6, 6.07) is 21.9. The highest BCUT2D eigenvalue weighted by molar-refractivity contribution is 7.92. The molecule has 9 heteroatoms. The molecule has 0 saturated heterocycles. The Morgan fingerprint density at radius 3 is 2.32 bits per heavy atom. The van der Waals surface area contributed by atoms with Gasteiger partial charge in [0.1, 0.15) is 12.3 Å². The van der Waals surface area contributed by atoms with Crippen molar-refractivity contribution in [2.45, 2.75) is 0 Å². The third-order valence-corrected chi connectivity index (χ3v) is 5.77. The fourth-order valence-electron chi connectivity index (χ4n) is 3.12. The molecule has 8 nitrogen and oxygen atoms in total. The van der Waals surface area contributed by atoms with E-state index in [2.05, 4.69) is 17.2 Å². The first-order chi connectivity index (χ1) is 16.3. The van der Waals surface area contributed by atoms with Crippen molar-refractivity contribution in [1.82, 2.24) is 5.32 Å². The summed E-state index contributed by atoms with van der Waals surface area (Å²) in [5.74, 6) is -0.218.